The van der Waals surface area contributed by atoms with E-state index in [4.69, 9.17) is 4.74 Å². The smallest absolute Gasteiger partial charge is 0.249 e. The summed E-state index contributed by atoms with van der Waals surface area (Å²) < 4.78 is 6.73. The van der Waals surface area contributed by atoms with Crippen LogP contribution in [-0.4, -0.2) is 94.1 Å². The van der Waals surface area contributed by atoms with Gasteiger partial charge in [0.25, 0.3) is 0 Å². The van der Waals surface area contributed by atoms with Gasteiger partial charge in [-0.15, -0.1) is 0 Å². The highest BCUT2D eigenvalue weighted by Gasteiger charge is 2.75. The zero-order valence-electron chi connectivity index (χ0n) is 18.1. The van der Waals surface area contributed by atoms with Crippen molar-refractivity contribution in [1.82, 2.24) is 14.7 Å². The average molecular weight is 418 g/mol. The Balaban J connectivity index is 1.92. The summed E-state index contributed by atoms with van der Waals surface area (Å²) in [6, 6.07) is -0.952. The summed E-state index contributed by atoms with van der Waals surface area (Å²) in [7, 11) is 1.72. The minimum atomic E-state index is -1.23. The van der Waals surface area contributed by atoms with Gasteiger partial charge in [-0.1, -0.05) is 31.2 Å². The molecule has 1 unspecified atom stereocenters. The first-order valence-electron chi connectivity index (χ1n) is 10.8. The average Bonchev–Trinajstić information content (AvgIpc) is 2.99. The van der Waals surface area contributed by atoms with Gasteiger partial charge in [0.15, 0.2) is 0 Å². The minimum absolute atomic E-state index is 0.0301. The number of amides is 3. The Morgan fingerprint density at radius 2 is 1.80 bits per heavy atom. The molecule has 8 heteroatoms. The van der Waals surface area contributed by atoms with Gasteiger partial charge >= 0.3 is 0 Å². The second-order valence-corrected chi connectivity index (χ2v) is 8.99. The van der Waals surface area contributed by atoms with E-state index in [2.05, 4.69) is 0 Å². The summed E-state index contributed by atoms with van der Waals surface area (Å²) in [4.78, 5) is 45.5. The van der Waals surface area contributed by atoms with E-state index in [-0.39, 0.29) is 36.9 Å². The molecule has 3 amide bonds. The Bertz CT molecular complexity index is 824. The predicted octanol–water partition coefficient (Wildman–Crippen LogP) is 0.175. The number of nitrogens with zero attached hydrogens (tertiary/aromatic N) is 3. The predicted molar refractivity (Wildman–Crippen MR) is 109 cm³/mol. The molecule has 0 aliphatic carbocycles. The van der Waals surface area contributed by atoms with E-state index in [0.29, 0.717) is 19.5 Å². The van der Waals surface area contributed by atoms with E-state index in [1.165, 1.54) is 4.90 Å². The van der Waals surface area contributed by atoms with Crippen molar-refractivity contribution in [2.45, 2.75) is 50.5 Å². The number of β-amino-alcohol motifs (C(OH)–C–C–N with tert-alkyl or cyclic N) is 1. The molecule has 0 aromatic rings. The van der Waals surface area contributed by atoms with Gasteiger partial charge in [0.1, 0.15) is 11.6 Å². The van der Waals surface area contributed by atoms with Crippen LogP contribution in [0.2, 0.25) is 0 Å². The number of fused-ring (bicyclic) bond motifs is 2. The minimum Gasteiger partial charge on any atom is -0.395 e. The van der Waals surface area contributed by atoms with Crippen LogP contribution in [0.4, 0.5) is 0 Å². The number of hydrogen-bond acceptors (Lipinski definition) is 5. The largest absolute Gasteiger partial charge is 0.395 e. The van der Waals surface area contributed by atoms with Gasteiger partial charge in [-0.05, 0) is 20.3 Å². The molecule has 8 nitrogen and oxygen atoms in total. The topological polar surface area (TPSA) is 90.4 Å². The zero-order valence-corrected chi connectivity index (χ0v) is 18.1. The van der Waals surface area contributed by atoms with E-state index in [0.717, 1.165) is 0 Å². The number of rotatable bonds is 4. The maximum Gasteiger partial charge on any atom is 0.249 e. The summed E-state index contributed by atoms with van der Waals surface area (Å²) in [5.74, 6) is -2.17. The van der Waals surface area contributed by atoms with Crippen molar-refractivity contribution in [3.8, 4) is 0 Å². The number of likely N-dealkylation sites (N-methyl/N-ethyl adjacent to an activating group) is 1. The van der Waals surface area contributed by atoms with Crippen LogP contribution < -0.4 is 0 Å². The fraction of sp³-hybridized carbons (Fsp3) is 0.682. The first kappa shape index (κ1) is 21.1. The van der Waals surface area contributed by atoms with Gasteiger partial charge < -0.3 is 24.5 Å². The molecule has 2 saturated heterocycles. The molecule has 0 saturated carbocycles. The normalized spacial score (nSPS) is 38.1. The van der Waals surface area contributed by atoms with Crippen molar-refractivity contribution in [2.75, 3.05) is 33.3 Å². The third-order valence-corrected chi connectivity index (χ3v) is 7.14. The van der Waals surface area contributed by atoms with Crippen LogP contribution in [0.5, 0.6) is 0 Å². The van der Waals surface area contributed by atoms with E-state index < -0.39 is 29.1 Å². The van der Waals surface area contributed by atoms with Crippen LogP contribution in [0.15, 0.2) is 24.3 Å². The molecule has 5 atom stereocenters. The first-order chi connectivity index (χ1) is 14.2. The summed E-state index contributed by atoms with van der Waals surface area (Å²) in [6.07, 6.45) is 8.06. The number of aliphatic hydroxyl groups excluding tert-OH is 1. The maximum absolute atomic E-state index is 13.7. The summed E-state index contributed by atoms with van der Waals surface area (Å²) in [5, 5.41) is 9.63. The van der Waals surface area contributed by atoms with Gasteiger partial charge in [0.05, 0.1) is 24.0 Å². The summed E-state index contributed by atoms with van der Waals surface area (Å²) in [6.45, 7) is 6.45. The number of likely N-dealkylation sites (tertiary alicyclic amines) is 1. The third kappa shape index (κ3) is 2.62. The Morgan fingerprint density at radius 3 is 2.43 bits per heavy atom. The lowest BCUT2D eigenvalue weighted by Crippen LogP contribution is -2.57. The van der Waals surface area contributed by atoms with Crippen molar-refractivity contribution >= 4 is 17.7 Å². The molecule has 4 rings (SSSR count). The molecular weight excluding hydrogens is 386 g/mol. The SMILES string of the molecule is CC[C@]12C=CCN(C)C(=O)[C@H]1[C@H]1C(=O)N(CCO)C3C(=O)N(C(C)C)CC=C[C@@]31O2. The number of hydrogen-bond donors (Lipinski definition) is 1. The third-order valence-electron chi connectivity index (χ3n) is 7.14. The van der Waals surface area contributed by atoms with Gasteiger partial charge in [-0.3, -0.25) is 14.4 Å². The molecule has 164 valence electrons. The van der Waals surface area contributed by atoms with E-state index in [1.807, 2.05) is 45.1 Å². The zero-order chi connectivity index (χ0) is 21.8. The van der Waals surface area contributed by atoms with Crippen LogP contribution in [0.1, 0.15) is 27.2 Å². The Hall–Kier alpha value is -2.19. The van der Waals surface area contributed by atoms with Crippen molar-refractivity contribution in [3.05, 3.63) is 24.3 Å². The van der Waals surface area contributed by atoms with Crippen molar-refractivity contribution < 1.29 is 24.2 Å². The van der Waals surface area contributed by atoms with Crippen molar-refractivity contribution in [2.24, 2.45) is 11.8 Å². The van der Waals surface area contributed by atoms with E-state index >= 15 is 0 Å². The maximum atomic E-state index is 13.7. The Morgan fingerprint density at radius 1 is 1.10 bits per heavy atom. The summed E-state index contributed by atoms with van der Waals surface area (Å²) >= 11 is 0. The van der Waals surface area contributed by atoms with Gasteiger partial charge in [-0.25, -0.2) is 0 Å². The van der Waals surface area contributed by atoms with Crippen molar-refractivity contribution in [1.29, 1.82) is 0 Å². The second kappa shape index (κ2) is 7.20. The number of ether oxygens (including phenoxy) is 1. The fourth-order valence-electron chi connectivity index (χ4n) is 5.71. The number of aliphatic hydroxyl groups is 1. The second-order valence-electron chi connectivity index (χ2n) is 8.99. The van der Waals surface area contributed by atoms with Crippen LogP contribution in [0.25, 0.3) is 0 Å². The highest BCUT2D eigenvalue weighted by Crippen LogP contribution is 2.58. The van der Waals surface area contributed by atoms with Crippen LogP contribution in [-0.2, 0) is 19.1 Å². The van der Waals surface area contributed by atoms with Crippen LogP contribution >= 0.6 is 0 Å². The lowest BCUT2D eigenvalue weighted by atomic mass is 9.73. The van der Waals surface area contributed by atoms with Crippen molar-refractivity contribution in [3.63, 3.8) is 0 Å². The molecule has 0 aromatic heterocycles. The molecule has 4 heterocycles. The molecule has 0 radical (unpaired) electrons. The molecule has 4 aliphatic heterocycles. The van der Waals surface area contributed by atoms with E-state index in [1.54, 1.807) is 16.8 Å². The molecule has 2 fully saturated rings. The van der Waals surface area contributed by atoms with Crippen LogP contribution in [0.3, 0.4) is 0 Å². The Labute approximate surface area is 177 Å². The highest BCUT2D eigenvalue weighted by molar-refractivity contribution is 6.00. The van der Waals surface area contributed by atoms with Gasteiger partial charge in [0, 0.05) is 32.7 Å². The highest BCUT2D eigenvalue weighted by atomic mass is 16.5. The first-order valence-corrected chi connectivity index (χ1v) is 10.8. The number of carbonyl (C=O) groups excluding carboxylic acids is 3. The van der Waals surface area contributed by atoms with Gasteiger partial charge in [-0.2, -0.15) is 0 Å². The standard InChI is InChI=1S/C22H31N3O5/c1-5-21-8-6-10-23(4)18(27)15(21)16-19(28)25(12-13-26)17-20(29)24(14(2)3)11-7-9-22(16,17)30-21/h6-9,14-17,26H,5,10-13H2,1-4H3/t15-,16+,17?,21+,22+/m1/s1. The molecule has 0 bridgehead atoms. The quantitative estimate of drug-likeness (QED) is 0.659. The molecule has 1 spiro atoms. The molecular formula is C22H31N3O5. The molecule has 30 heavy (non-hydrogen) atoms. The summed E-state index contributed by atoms with van der Waals surface area (Å²) in [5.41, 5.74) is -2.17. The van der Waals surface area contributed by atoms with Crippen LogP contribution in [0, 0.1) is 11.8 Å². The number of carbonyl (C=O) groups is 3. The fourth-order valence-corrected chi connectivity index (χ4v) is 5.71. The van der Waals surface area contributed by atoms with Gasteiger partial charge in [0.2, 0.25) is 17.7 Å². The lowest BCUT2D eigenvalue weighted by molar-refractivity contribution is -0.155. The monoisotopic (exact) mass is 417 g/mol. The lowest BCUT2D eigenvalue weighted by Gasteiger charge is -2.39. The molecule has 1 N–H and O–H groups in total. The molecule has 0 aromatic carbocycles. The Kier molecular flexibility index (Phi) is 5.05. The van der Waals surface area contributed by atoms with E-state index in [9.17, 15) is 19.5 Å². The molecule has 4 aliphatic rings.